The molecule has 1 aliphatic heterocycles. The Labute approximate surface area is 143 Å². The van der Waals surface area contributed by atoms with E-state index in [9.17, 15) is 15.0 Å². The number of nitrogens with one attached hydrogen (secondary N) is 1. The van der Waals surface area contributed by atoms with Crippen molar-refractivity contribution in [3.8, 4) is 17.2 Å². The van der Waals surface area contributed by atoms with Crippen molar-refractivity contribution < 1.29 is 33.6 Å². The van der Waals surface area contributed by atoms with Crippen molar-refractivity contribution in [1.29, 1.82) is 0 Å². The Morgan fingerprint density at radius 2 is 2.08 bits per heavy atom. The molecular formula is C16H18N2O7. The van der Waals surface area contributed by atoms with Gasteiger partial charge in [-0.15, -0.1) is 0 Å². The van der Waals surface area contributed by atoms with Crippen molar-refractivity contribution in [2.75, 3.05) is 20.0 Å². The molecule has 9 heteroatoms. The van der Waals surface area contributed by atoms with E-state index in [1.165, 1.54) is 13.2 Å². The first-order chi connectivity index (χ1) is 12.0. The van der Waals surface area contributed by atoms with Crippen LogP contribution in [0.2, 0.25) is 0 Å². The van der Waals surface area contributed by atoms with Crippen LogP contribution >= 0.6 is 0 Å². The highest BCUT2D eigenvalue weighted by Crippen LogP contribution is 2.35. The maximum absolute atomic E-state index is 12.1. The lowest BCUT2D eigenvalue weighted by atomic mass is 10.1. The van der Waals surface area contributed by atoms with Crippen molar-refractivity contribution in [3.05, 3.63) is 36.0 Å². The second kappa shape index (κ2) is 6.99. The molecule has 0 spiro atoms. The topological polar surface area (TPSA) is 123 Å². The molecule has 0 aliphatic carbocycles. The summed E-state index contributed by atoms with van der Waals surface area (Å²) in [6.45, 7) is 0.886. The minimum absolute atomic E-state index is 0.0180. The van der Waals surface area contributed by atoms with E-state index < -0.39 is 24.7 Å². The fourth-order valence-electron chi connectivity index (χ4n) is 2.06. The van der Waals surface area contributed by atoms with Gasteiger partial charge in [0.1, 0.15) is 12.0 Å². The number of oxazole rings is 1. The highest BCUT2D eigenvalue weighted by atomic mass is 16.7. The van der Waals surface area contributed by atoms with Gasteiger partial charge in [0, 0.05) is 6.07 Å². The first kappa shape index (κ1) is 17.1. The van der Waals surface area contributed by atoms with Crippen molar-refractivity contribution >= 4 is 5.91 Å². The number of amides is 1. The third-order valence-corrected chi connectivity index (χ3v) is 3.60. The molecular weight excluding hydrogens is 332 g/mol. The number of carbonyl (C=O) groups excluding carboxylic acids is 1. The Morgan fingerprint density at radius 1 is 1.32 bits per heavy atom. The number of aromatic nitrogens is 1. The molecule has 0 saturated heterocycles. The Morgan fingerprint density at radius 3 is 2.84 bits per heavy atom. The SMILES string of the molecule is CC(CO)(CO)NC(=O)c1coc(COc2ccc3c(c2)OCO3)n1. The van der Waals surface area contributed by atoms with Gasteiger partial charge in [-0.3, -0.25) is 4.79 Å². The minimum Gasteiger partial charge on any atom is -0.484 e. The highest BCUT2D eigenvalue weighted by Gasteiger charge is 2.26. The molecule has 0 saturated carbocycles. The number of fused-ring (bicyclic) bond motifs is 1. The summed E-state index contributed by atoms with van der Waals surface area (Å²) in [5.41, 5.74) is -1.11. The molecule has 0 bridgehead atoms. The molecule has 0 radical (unpaired) electrons. The Kier molecular flexibility index (Phi) is 4.77. The Bertz CT molecular complexity index is 755. The number of ether oxygens (including phenoxy) is 3. The van der Waals surface area contributed by atoms with Gasteiger partial charge in [0.25, 0.3) is 5.91 Å². The number of aliphatic hydroxyl groups excluding tert-OH is 2. The standard InChI is InChI=1S/C16H18N2O7/c1-16(7-19,8-20)18-15(21)11-5-23-14(17-11)6-22-10-2-3-12-13(4-10)25-9-24-12/h2-5,19-20H,6-9H2,1H3,(H,18,21). The molecule has 9 nitrogen and oxygen atoms in total. The number of carbonyl (C=O) groups is 1. The molecule has 134 valence electrons. The van der Waals surface area contributed by atoms with Crippen LogP contribution in [0, 0.1) is 0 Å². The van der Waals surface area contributed by atoms with Crippen molar-refractivity contribution in [3.63, 3.8) is 0 Å². The molecule has 3 N–H and O–H groups in total. The normalized spacial score (nSPS) is 12.9. The van der Waals surface area contributed by atoms with E-state index in [0.29, 0.717) is 17.2 Å². The van der Waals surface area contributed by atoms with Gasteiger partial charge in [-0.05, 0) is 19.1 Å². The van der Waals surface area contributed by atoms with E-state index in [1.54, 1.807) is 18.2 Å². The fraction of sp³-hybridized carbons (Fsp3) is 0.375. The van der Waals surface area contributed by atoms with Gasteiger partial charge in [-0.1, -0.05) is 0 Å². The monoisotopic (exact) mass is 350 g/mol. The van der Waals surface area contributed by atoms with Crippen molar-refractivity contribution in [1.82, 2.24) is 10.3 Å². The van der Waals surface area contributed by atoms with Gasteiger partial charge in [-0.25, -0.2) is 4.98 Å². The van der Waals surface area contributed by atoms with Crippen LogP contribution in [0.5, 0.6) is 17.2 Å². The number of rotatable bonds is 7. The molecule has 1 aromatic carbocycles. The van der Waals surface area contributed by atoms with Crippen LogP contribution in [-0.2, 0) is 6.61 Å². The van der Waals surface area contributed by atoms with Gasteiger partial charge in [0.05, 0.1) is 18.8 Å². The molecule has 1 aliphatic rings. The van der Waals surface area contributed by atoms with Gasteiger partial charge in [-0.2, -0.15) is 0 Å². The molecule has 25 heavy (non-hydrogen) atoms. The summed E-state index contributed by atoms with van der Waals surface area (Å²) in [5.74, 6) is 1.43. The van der Waals surface area contributed by atoms with E-state index >= 15 is 0 Å². The van der Waals surface area contributed by atoms with Crippen molar-refractivity contribution in [2.24, 2.45) is 0 Å². The molecule has 1 aromatic heterocycles. The number of benzene rings is 1. The first-order valence-corrected chi connectivity index (χ1v) is 7.54. The highest BCUT2D eigenvalue weighted by molar-refractivity contribution is 5.92. The maximum Gasteiger partial charge on any atom is 0.273 e. The molecule has 0 unspecified atom stereocenters. The molecule has 0 atom stereocenters. The average Bonchev–Trinajstić information content (AvgIpc) is 3.28. The van der Waals surface area contributed by atoms with Crippen LogP contribution in [0.15, 0.2) is 28.9 Å². The van der Waals surface area contributed by atoms with Gasteiger partial charge in [0.15, 0.2) is 23.8 Å². The zero-order valence-electron chi connectivity index (χ0n) is 13.5. The molecule has 1 amide bonds. The van der Waals surface area contributed by atoms with Crippen LogP contribution in [0.4, 0.5) is 0 Å². The summed E-state index contributed by atoms with van der Waals surface area (Å²) in [7, 11) is 0. The summed E-state index contributed by atoms with van der Waals surface area (Å²) in [5, 5.41) is 20.9. The lowest BCUT2D eigenvalue weighted by molar-refractivity contribution is 0.0719. The lowest BCUT2D eigenvalue weighted by Gasteiger charge is -2.25. The largest absolute Gasteiger partial charge is 0.484 e. The lowest BCUT2D eigenvalue weighted by Crippen LogP contribution is -2.51. The second-order valence-electron chi connectivity index (χ2n) is 5.76. The summed E-state index contributed by atoms with van der Waals surface area (Å²) < 4.78 is 21.2. The van der Waals surface area contributed by atoms with Crippen LogP contribution in [0.3, 0.4) is 0 Å². The number of hydrogen-bond acceptors (Lipinski definition) is 8. The van der Waals surface area contributed by atoms with Gasteiger partial charge < -0.3 is 34.2 Å². The number of nitrogens with zero attached hydrogens (tertiary/aromatic N) is 1. The Balaban J connectivity index is 1.59. The second-order valence-corrected chi connectivity index (χ2v) is 5.76. The third-order valence-electron chi connectivity index (χ3n) is 3.60. The van der Waals surface area contributed by atoms with Crippen LogP contribution in [-0.4, -0.2) is 46.6 Å². The summed E-state index contributed by atoms with van der Waals surface area (Å²) in [6.07, 6.45) is 1.18. The van der Waals surface area contributed by atoms with Crippen LogP contribution < -0.4 is 19.5 Å². The average molecular weight is 350 g/mol. The fourth-order valence-corrected chi connectivity index (χ4v) is 2.06. The van der Waals surface area contributed by atoms with E-state index in [4.69, 9.17) is 18.6 Å². The summed E-state index contributed by atoms with van der Waals surface area (Å²) in [4.78, 5) is 16.1. The number of aliphatic hydroxyl groups is 2. The minimum atomic E-state index is -1.14. The maximum atomic E-state index is 12.1. The first-order valence-electron chi connectivity index (χ1n) is 7.54. The van der Waals surface area contributed by atoms with Crippen LogP contribution in [0.1, 0.15) is 23.3 Å². The molecule has 3 rings (SSSR count). The smallest absolute Gasteiger partial charge is 0.273 e. The zero-order valence-corrected chi connectivity index (χ0v) is 13.5. The number of hydrogen-bond donors (Lipinski definition) is 3. The molecule has 2 heterocycles. The quantitative estimate of drug-likeness (QED) is 0.658. The third kappa shape index (κ3) is 3.83. The molecule has 0 fully saturated rings. The predicted molar refractivity (Wildman–Crippen MR) is 83.4 cm³/mol. The van der Waals surface area contributed by atoms with Crippen LogP contribution in [0.25, 0.3) is 0 Å². The summed E-state index contributed by atoms with van der Waals surface area (Å²) >= 11 is 0. The van der Waals surface area contributed by atoms with E-state index in [2.05, 4.69) is 10.3 Å². The predicted octanol–water partition coefficient (Wildman–Crippen LogP) is 0.455. The van der Waals surface area contributed by atoms with Gasteiger partial charge in [0.2, 0.25) is 12.7 Å². The van der Waals surface area contributed by atoms with E-state index in [-0.39, 0.29) is 25.0 Å². The van der Waals surface area contributed by atoms with E-state index in [1.807, 2.05) is 0 Å². The molecule has 2 aromatic rings. The Hall–Kier alpha value is -2.78. The zero-order chi connectivity index (χ0) is 17.9. The van der Waals surface area contributed by atoms with Crippen molar-refractivity contribution in [2.45, 2.75) is 19.1 Å². The summed E-state index contributed by atoms with van der Waals surface area (Å²) in [6, 6.07) is 5.14. The van der Waals surface area contributed by atoms with E-state index in [0.717, 1.165) is 0 Å². The van der Waals surface area contributed by atoms with Gasteiger partial charge >= 0.3 is 0 Å².